The molecule has 0 bridgehead atoms. The Morgan fingerprint density at radius 2 is 2.11 bits per heavy atom. The van der Waals surface area contributed by atoms with Gasteiger partial charge in [0.05, 0.1) is 10.6 Å². The second-order valence-corrected chi connectivity index (χ2v) is 7.03. The fourth-order valence-corrected chi connectivity index (χ4v) is 2.91. The lowest BCUT2D eigenvalue weighted by atomic mass is 10.3. The summed E-state index contributed by atoms with van der Waals surface area (Å²) in [7, 11) is -4.64. The van der Waals surface area contributed by atoms with Crippen LogP contribution >= 0.6 is 0 Å². The van der Waals surface area contributed by atoms with Crippen molar-refractivity contribution in [3.05, 3.63) is 24.0 Å². The molecule has 0 aliphatic carbocycles. The van der Waals surface area contributed by atoms with Crippen molar-refractivity contribution in [2.24, 2.45) is 0 Å². The molecule has 5 nitrogen and oxygen atoms in total. The predicted molar refractivity (Wildman–Crippen MR) is 69.6 cm³/mol. The zero-order chi connectivity index (χ0) is 13.8. The van der Waals surface area contributed by atoms with Crippen LogP contribution < -0.4 is 10.5 Å². The van der Waals surface area contributed by atoms with Gasteiger partial charge in [-0.25, -0.2) is 17.5 Å². The normalized spacial score (nSPS) is 13.4. The number of hydrogen-bond donors (Lipinski definition) is 2. The molecule has 0 radical (unpaired) electrons. The van der Waals surface area contributed by atoms with Crippen LogP contribution in [-0.4, -0.2) is 31.2 Å². The van der Waals surface area contributed by atoms with Gasteiger partial charge in [0, 0.05) is 29.4 Å². The largest absolute Gasteiger partial charge is 0.396 e. The van der Waals surface area contributed by atoms with Crippen molar-refractivity contribution in [2.45, 2.75) is 11.3 Å². The number of halogens is 1. The molecule has 0 fully saturated rings. The van der Waals surface area contributed by atoms with E-state index in [0.29, 0.717) is 12.2 Å². The molecule has 1 aromatic carbocycles. The highest BCUT2D eigenvalue weighted by atomic mass is 32.2. The van der Waals surface area contributed by atoms with Crippen LogP contribution in [0.1, 0.15) is 6.42 Å². The molecule has 0 saturated carbocycles. The molecule has 1 aromatic rings. The lowest BCUT2D eigenvalue weighted by Gasteiger charge is -2.07. The van der Waals surface area contributed by atoms with Crippen LogP contribution in [0.4, 0.5) is 10.1 Å². The van der Waals surface area contributed by atoms with Crippen molar-refractivity contribution >= 4 is 26.5 Å². The Bertz CT molecular complexity index is 546. The van der Waals surface area contributed by atoms with E-state index in [9.17, 15) is 17.0 Å². The van der Waals surface area contributed by atoms with Gasteiger partial charge < -0.3 is 5.73 Å². The SMILES string of the molecule is CS(=O)CCCNS(=O)(=O)c1ccc(F)c(N)c1. The molecule has 18 heavy (non-hydrogen) atoms. The van der Waals surface area contributed by atoms with Crippen LogP contribution in [-0.2, 0) is 20.8 Å². The molecule has 0 saturated heterocycles. The Balaban J connectivity index is 2.68. The molecule has 102 valence electrons. The minimum Gasteiger partial charge on any atom is -0.396 e. The summed E-state index contributed by atoms with van der Waals surface area (Å²) in [6, 6.07) is 3.21. The van der Waals surface area contributed by atoms with Gasteiger partial charge in [0.2, 0.25) is 10.0 Å². The number of sulfonamides is 1. The maximum absolute atomic E-state index is 12.9. The molecule has 0 heterocycles. The maximum atomic E-state index is 12.9. The first-order valence-electron chi connectivity index (χ1n) is 5.17. The van der Waals surface area contributed by atoms with Crippen LogP contribution in [0.5, 0.6) is 0 Å². The Morgan fingerprint density at radius 3 is 2.67 bits per heavy atom. The highest BCUT2D eigenvalue weighted by Crippen LogP contribution is 2.16. The summed E-state index contributed by atoms with van der Waals surface area (Å²) in [5.74, 6) is -0.232. The van der Waals surface area contributed by atoms with E-state index in [1.165, 1.54) is 0 Å². The first kappa shape index (κ1) is 15.1. The zero-order valence-electron chi connectivity index (χ0n) is 9.85. The molecule has 1 unspecified atom stereocenters. The van der Waals surface area contributed by atoms with Crippen molar-refractivity contribution in [3.8, 4) is 0 Å². The number of nitrogen functional groups attached to an aromatic ring is 1. The van der Waals surface area contributed by atoms with Crippen molar-refractivity contribution in [1.82, 2.24) is 4.72 Å². The number of anilines is 1. The molecule has 1 rings (SSSR count). The first-order valence-corrected chi connectivity index (χ1v) is 8.38. The molecule has 0 aromatic heterocycles. The molecule has 0 aliphatic heterocycles. The second-order valence-electron chi connectivity index (χ2n) is 3.71. The minimum absolute atomic E-state index is 0.0842. The Labute approximate surface area is 108 Å². The number of nitrogens with one attached hydrogen (secondary N) is 1. The molecule has 0 amide bonds. The highest BCUT2D eigenvalue weighted by Gasteiger charge is 2.14. The first-order chi connectivity index (χ1) is 8.33. The van der Waals surface area contributed by atoms with E-state index in [-0.39, 0.29) is 17.1 Å². The predicted octanol–water partition coefficient (Wildman–Crippen LogP) is 0.455. The van der Waals surface area contributed by atoms with E-state index < -0.39 is 26.6 Å². The Morgan fingerprint density at radius 1 is 1.44 bits per heavy atom. The second kappa shape index (κ2) is 6.26. The topological polar surface area (TPSA) is 89.3 Å². The number of rotatable bonds is 6. The summed E-state index contributed by atoms with van der Waals surface area (Å²) in [6.07, 6.45) is 2.02. The Kier molecular flexibility index (Phi) is 5.24. The molecule has 8 heteroatoms. The summed E-state index contributed by atoms with van der Waals surface area (Å²) in [5.41, 5.74) is 5.09. The lowest BCUT2D eigenvalue weighted by Crippen LogP contribution is -2.25. The summed E-state index contributed by atoms with van der Waals surface area (Å²) >= 11 is 0. The van der Waals surface area contributed by atoms with Crippen molar-refractivity contribution < 1.29 is 17.0 Å². The van der Waals surface area contributed by atoms with Crippen LogP contribution in [0.3, 0.4) is 0 Å². The van der Waals surface area contributed by atoms with Crippen molar-refractivity contribution in [3.63, 3.8) is 0 Å². The maximum Gasteiger partial charge on any atom is 0.240 e. The Hall–Kier alpha value is -0.990. The van der Waals surface area contributed by atoms with E-state index in [2.05, 4.69) is 4.72 Å². The van der Waals surface area contributed by atoms with E-state index >= 15 is 0 Å². The van der Waals surface area contributed by atoms with Gasteiger partial charge in [-0.15, -0.1) is 0 Å². The number of nitrogens with two attached hydrogens (primary N) is 1. The van der Waals surface area contributed by atoms with Gasteiger partial charge in [-0.2, -0.15) is 0 Å². The van der Waals surface area contributed by atoms with E-state index in [4.69, 9.17) is 5.73 Å². The average Bonchev–Trinajstić information content (AvgIpc) is 2.28. The lowest BCUT2D eigenvalue weighted by molar-refractivity contribution is 0.580. The quantitative estimate of drug-likeness (QED) is 0.589. The van der Waals surface area contributed by atoms with Crippen LogP contribution in [0.2, 0.25) is 0 Å². The molecular weight excluding hydrogens is 279 g/mol. The molecule has 1 atom stereocenters. The number of hydrogen-bond acceptors (Lipinski definition) is 4. The van der Waals surface area contributed by atoms with Crippen LogP contribution in [0.15, 0.2) is 23.1 Å². The van der Waals surface area contributed by atoms with Crippen molar-refractivity contribution in [2.75, 3.05) is 24.3 Å². The minimum atomic E-state index is -3.69. The van der Waals surface area contributed by atoms with Gasteiger partial charge in [-0.1, -0.05) is 0 Å². The highest BCUT2D eigenvalue weighted by molar-refractivity contribution is 7.89. The molecule has 0 spiro atoms. The zero-order valence-corrected chi connectivity index (χ0v) is 11.5. The fourth-order valence-electron chi connectivity index (χ4n) is 1.25. The third-order valence-electron chi connectivity index (χ3n) is 2.18. The summed E-state index contributed by atoms with van der Waals surface area (Å²) < 4.78 is 49.6. The summed E-state index contributed by atoms with van der Waals surface area (Å²) in [6.45, 7) is 0.180. The van der Waals surface area contributed by atoms with Gasteiger partial charge in [-0.05, 0) is 24.6 Å². The van der Waals surface area contributed by atoms with E-state index in [0.717, 1.165) is 18.2 Å². The van der Waals surface area contributed by atoms with Gasteiger partial charge in [0.25, 0.3) is 0 Å². The van der Waals surface area contributed by atoms with E-state index in [1.54, 1.807) is 6.26 Å². The third kappa shape index (κ3) is 4.35. The molecule has 0 aliphatic rings. The van der Waals surface area contributed by atoms with Gasteiger partial charge >= 0.3 is 0 Å². The fraction of sp³-hybridized carbons (Fsp3) is 0.400. The smallest absolute Gasteiger partial charge is 0.240 e. The average molecular weight is 294 g/mol. The van der Waals surface area contributed by atoms with Crippen LogP contribution in [0.25, 0.3) is 0 Å². The third-order valence-corrected chi connectivity index (χ3v) is 4.50. The standard InChI is InChI=1S/C10H15FN2O3S2/c1-17(14)6-2-5-13-18(15,16)8-3-4-9(11)10(12)7-8/h3-4,7,13H,2,5-6,12H2,1H3. The monoisotopic (exact) mass is 294 g/mol. The van der Waals surface area contributed by atoms with E-state index in [1.807, 2.05) is 0 Å². The van der Waals surface area contributed by atoms with Crippen LogP contribution in [0, 0.1) is 5.82 Å². The molecule has 3 N–H and O–H groups in total. The summed E-state index contributed by atoms with van der Waals surface area (Å²) in [4.78, 5) is -0.0842. The van der Waals surface area contributed by atoms with Gasteiger partial charge in [0.15, 0.2) is 0 Å². The van der Waals surface area contributed by atoms with Gasteiger partial charge in [-0.3, -0.25) is 4.21 Å². The summed E-state index contributed by atoms with van der Waals surface area (Å²) in [5, 5.41) is 0. The number of benzene rings is 1. The van der Waals surface area contributed by atoms with Crippen molar-refractivity contribution in [1.29, 1.82) is 0 Å². The van der Waals surface area contributed by atoms with Gasteiger partial charge in [0.1, 0.15) is 5.82 Å². The molecular formula is C10H15FN2O3S2.